The van der Waals surface area contributed by atoms with Crippen LogP contribution in [0.4, 0.5) is 5.13 Å². The highest BCUT2D eigenvalue weighted by atomic mass is 35.5. The Hall–Kier alpha value is -3.21. The van der Waals surface area contributed by atoms with Gasteiger partial charge in [-0.05, 0) is 38.1 Å². The van der Waals surface area contributed by atoms with Crippen LogP contribution in [0.5, 0.6) is 0 Å². The first kappa shape index (κ1) is 24.9. The molecule has 0 saturated heterocycles. The number of thioether (sulfide) groups is 1. The molecule has 11 heteroatoms. The number of halogens is 1. The van der Waals surface area contributed by atoms with Gasteiger partial charge in [-0.2, -0.15) is 0 Å². The fourth-order valence-electron chi connectivity index (χ4n) is 3.25. The monoisotopic (exact) mass is 526 g/mol. The smallest absolute Gasteiger partial charge is 0.251 e. The SMILES string of the molecule is Cc1ccc(C(=O)N[C@@H](C)c2nnc(SCC(=O)Nc3nc(-c4ccc(Cl)cc4)cs3)n2C)cc1. The molecule has 0 saturated carbocycles. The van der Waals surface area contributed by atoms with Crippen LogP contribution in [0.3, 0.4) is 0 Å². The number of carbonyl (C=O) groups is 2. The molecule has 0 spiro atoms. The summed E-state index contributed by atoms with van der Waals surface area (Å²) in [5.41, 5.74) is 3.37. The number of benzene rings is 2. The number of amides is 2. The zero-order chi connectivity index (χ0) is 24.9. The molecular weight excluding hydrogens is 504 g/mol. The zero-order valence-corrected chi connectivity index (χ0v) is 21.7. The molecule has 2 aromatic heterocycles. The van der Waals surface area contributed by atoms with Gasteiger partial charge in [0.05, 0.1) is 17.5 Å². The number of thiazole rings is 1. The van der Waals surface area contributed by atoms with E-state index in [2.05, 4.69) is 25.8 Å². The third kappa shape index (κ3) is 6.27. The van der Waals surface area contributed by atoms with Crippen LogP contribution in [0.15, 0.2) is 59.1 Å². The molecular formula is C24H23ClN6O2S2. The Kier molecular flexibility index (Phi) is 7.84. The van der Waals surface area contributed by atoms with Crippen LogP contribution >= 0.6 is 34.7 Å². The van der Waals surface area contributed by atoms with Crippen molar-refractivity contribution in [3.05, 3.63) is 75.9 Å². The number of hydrogen-bond donors (Lipinski definition) is 2. The minimum atomic E-state index is -0.355. The van der Waals surface area contributed by atoms with E-state index in [-0.39, 0.29) is 23.6 Å². The van der Waals surface area contributed by atoms with Crippen molar-refractivity contribution in [2.24, 2.45) is 7.05 Å². The normalized spacial score (nSPS) is 11.8. The van der Waals surface area contributed by atoms with Crippen molar-refractivity contribution in [2.75, 3.05) is 11.1 Å². The minimum absolute atomic E-state index is 0.145. The van der Waals surface area contributed by atoms with Gasteiger partial charge in [0.15, 0.2) is 16.1 Å². The van der Waals surface area contributed by atoms with Crippen LogP contribution < -0.4 is 10.6 Å². The van der Waals surface area contributed by atoms with E-state index in [0.29, 0.717) is 26.7 Å². The molecule has 8 nitrogen and oxygen atoms in total. The summed E-state index contributed by atoms with van der Waals surface area (Å²) in [6.07, 6.45) is 0. The quantitative estimate of drug-likeness (QED) is 0.309. The molecule has 1 atom stereocenters. The van der Waals surface area contributed by atoms with Crippen LogP contribution in [0, 0.1) is 6.92 Å². The summed E-state index contributed by atoms with van der Waals surface area (Å²) in [5, 5.41) is 17.8. The summed E-state index contributed by atoms with van der Waals surface area (Å²) < 4.78 is 1.78. The molecule has 0 unspecified atom stereocenters. The predicted molar refractivity (Wildman–Crippen MR) is 140 cm³/mol. The van der Waals surface area contributed by atoms with Crippen LogP contribution in [0.1, 0.15) is 34.7 Å². The first-order chi connectivity index (χ1) is 16.8. The highest BCUT2D eigenvalue weighted by molar-refractivity contribution is 7.99. The number of nitrogens with zero attached hydrogens (tertiary/aromatic N) is 4. The van der Waals surface area contributed by atoms with Crippen LogP contribution in [0.2, 0.25) is 5.02 Å². The number of hydrogen-bond acceptors (Lipinski definition) is 7. The van der Waals surface area contributed by atoms with Gasteiger partial charge in [0.2, 0.25) is 5.91 Å². The van der Waals surface area contributed by atoms with E-state index in [1.807, 2.05) is 50.5 Å². The topological polar surface area (TPSA) is 102 Å². The van der Waals surface area contributed by atoms with Crippen molar-refractivity contribution in [3.8, 4) is 11.3 Å². The molecule has 2 amide bonds. The van der Waals surface area contributed by atoms with Crippen LogP contribution in [-0.2, 0) is 11.8 Å². The molecule has 180 valence electrons. The lowest BCUT2D eigenvalue weighted by Crippen LogP contribution is -2.28. The van der Waals surface area contributed by atoms with E-state index in [1.165, 1.54) is 23.1 Å². The zero-order valence-electron chi connectivity index (χ0n) is 19.3. The van der Waals surface area contributed by atoms with Gasteiger partial charge in [0, 0.05) is 28.6 Å². The Bertz CT molecular complexity index is 1340. The van der Waals surface area contributed by atoms with Gasteiger partial charge < -0.3 is 15.2 Å². The molecule has 0 aliphatic carbocycles. The van der Waals surface area contributed by atoms with Crippen molar-refractivity contribution in [1.29, 1.82) is 0 Å². The summed E-state index contributed by atoms with van der Waals surface area (Å²) in [6.45, 7) is 3.82. The maximum atomic E-state index is 12.5. The molecule has 4 aromatic rings. The number of aromatic nitrogens is 4. The molecule has 2 heterocycles. The second-order valence-electron chi connectivity index (χ2n) is 7.84. The standard InChI is InChI=1S/C24H23ClN6O2S2/c1-14-4-6-17(7-5-14)22(33)26-15(2)21-29-30-24(31(21)3)35-13-20(32)28-23-27-19(12-34-23)16-8-10-18(25)11-9-16/h4-12,15H,13H2,1-3H3,(H,26,33)(H,27,28,32)/t15-/m0/s1. The van der Waals surface area contributed by atoms with Crippen molar-refractivity contribution in [3.63, 3.8) is 0 Å². The van der Waals surface area contributed by atoms with Crippen LogP contribution in [-0.4, -0.2) is 37.3 Å². The Morgan fingerprint density at radius 1 is 1.11 bits per heavy atom. The number of rotatable bonds is 8. The lowest BCUT2D eigenvalue weighted by molar-refractivity contribution is -0.113. The Balaban J connectivity index is 1.31. The lowest BCUT2D eigenvalue weighted by atomic mass is 10.1. The fraction of sp³-hybridized carbons (Fsp3) is 0.208. The average Bonchev–Trinajstić information content (AvgIpc) is 3.45. The Labute approximate surface area is 216 Å². The molecule has 2 aromatic carbocycles. The molecule has 0 fully saturated rings. The van der Waals surface area contributed by atoms with Gasteiger partial charge in [-0.1, -0.05) is 53.2 Å². The van der Waals surface area contributed by atoms with E-state index >= 15 is 0 Å². The predicted octanol–water partition coefficient (Wildman–Crippen LogP) is 5.12. The maximum Gasteiger partial charge on any atom is 0.251 e. The van der Waals surface area contributed by atoms with Gasteiger partial charge in [0.1, 0.15) is 0 Å². The van der Waals surface area contributed by atoms with Crippen molar-refractivity contribution >= 4 is 51.6 Å². The first-order valence-corrected chi connectivity index (χ1v) is 13.0. The van der Waals surface area contributed by atoms with Gasteiger partial charge in [-0.15, -0.1) is 21.5 Å². The summed E-state index contributed by atoms with van der Waals surface area (Å²) in [6, 6.07) is 14.4. The molecule has 0 aliphatic rings. The third-order valence-corrected chi connectivity index (χ3v) is 7.17. The molecule has 0 radical (unpaired) electrons. The summed E-state index contributed by atoms with van der Waals surface area (Å²) in [4.78, 5) is 29.4. The summed E-state index contributed by atoms with van der Waals surface area (Å²) >= 11 is 8.55. The average molecular weight is 527 g/mol. The number of anilines is 1. The van der Waals surface area contributed by atoms with Crippen LogP contribution in [0.25, 0.3) is 11.3 Å². The van der Waals surface area contributed by atoms with Gasteiger partial charge in [-0.25, -0.2) is 4.98 Å². The van der Waals surface area contributed by atoms with Gasteiger partial charge in [0.25, 0.3) is 5.91 Å². The van der Waals surface area contributed by atoms with Crippen molar-refractivity contribution in [1.82, 2.24) is 25.1 Å². The Morgan fingerprint density at radius 2 is 1.83 bits per heavy atom. The highest BCUT2D eigenvalue weighted by Crippen LogP contribution is 2.26. The number of nitrogens with one attached hydrogen (secondary N) is 2. The van der Waals surface area contributed by atoms with Gasteiger partial charge in [-0.3, -0.25) is 9.59 Å². The molecule has 0 aliphatic heterocycles. The molecule has 2 N–H and O–H groups in total. The third-order valence-electron chi connectivity index (χ3n) is 5.14. The highest BCUT2D eigenvalue weighted by Gasteiger charge is 2.19. The minimum Gasteiger partial charge on any atom is -0.342 e. The van der Waals surface area contributed by atoms with E-state index in [0.717, 1.165) is 16.8 Å². The maximum absolute atomic E-state index is 12.5. The first-order valence-electron chi connectivity index (χ1n) is 10.7. The second-order valence-corrected chi connectivity index (χ2v) is 10.1. The second kappa shape index (κ2) is 11.0. The number of carbonyl (C=O) groups excluding carboxylic acids is 2. The fourth-order valence-corrected chi connectivity index (χ4v) is 4.83. The molecule has 35 heavy (non-hydrogen) atoms. The number of aryl methyl sites for hydroxylation is 1. The largest absolute Gasteiger partial charge is 0.342 e. The van der Waals surface area contributed by atoms with Crippen molar-refractivity contribution < 1.29 is 9.59 Å². The molecule has 0 bridgehead atoms. The van der Waals surface area contributed by atoms with E-state index in [4.69, 9.17) is 11.6 Å². The van der Waals surface area contributed by atoms with E-state index in [9.17, 15) is 9.59 Å². The lowest BCUT2D eigenvalue weighted by Gasteiger charge is -2.13. The van der Waals surface area contributed by atoms with Gasteiger partial charge >= 0.3 is 0 Å². The summed E-state index contributed by atoms with van der Waals surface area (Å²) in [7, 11) is 1.81. The van der Waals surface area contributed by atoms with E-state index in [1.54, 1.807) is 28.8 Å². The Morgan fingerprint density at radius 3 is 2.54 bits per heavy atom. The van der Waals surface area contributed by atoms with E-state index < -0.39 is 0 Å². The molecule has 4 rings (SSSR count). The summed E-state index contributed by atoms with van der Waals surface area (Å²) in [5.74, 6) is 0.361. The van der Waals surface area contributed by atoms with Crippen molar-refractivity contribution in [2.45, 2.75) is 25.0 Å².